The van der Waals surface area contributed by atoms with Gasteiger partial charge in [0.15, 0.2) is 0 Å². The summed E-state index contributed by atoms with van der Waals surface area (Å²) in [5.41, 5.74) is 1.64. The van der Waals surface area contributed by atoms with Crippen molar-refractivity contribution in [1.82, 2.24) is 15.3 Å². The van der Waals surface area contributed by atoms with Gasteiger partial charge in [-0.2, -0.15) is 0 Å². The highest BCUT2D eigenvalue weighted by molar-refractivity contribution is 5.94. The van der Waals surface area contributed by atoms with E-state index in [1.807, 2.05) is 12.1 Å². The van der Waals surface area contributed by atoms with Gasteiger partial charge in [0, 0.05) is 6.42 Å². The fraction of sp³-hybridized carbons (Fsp3) is 0.250. The Morgan fingerprint density at radius 2 is 2.16 bits per heavy atom. The van der Waals surface area contributed by atoms with Crippen LogP contribution in [-0.4, -0.2) is 46.7 Å². The first-order chi connectivity index (χ1) is 12.0. The van der Waals surface area contributed by atoms with E-state index in [2.05, 4.69) is 20.0 Å². The second-order valence-corrected chi connectivity index (χ2v) is 5.44. The van der Waals surface area contributed by atoms with Crippen LogP contribution < -0.4 is 10.2 Å². The Morgan fingerprint density at radius 1 is 1.40 bits per heavy atom. The number of carbonyl (C=O) groups is 3. The Kier molecular flexibility index (Phi) is 4.38. The van der Waals surface area contributed by atoms with Gasteiger partial charge in [-0.1, -0.05) is 18.2 Å². The van der Waals surface area contributed by atoms with Crippen LogP contribution in [0.1, 0.15) is 27.9 Å². The molecule has 3 rings (SSSR count). The summed E-state index contributed by atoms with van der Waals surface area (Å²) in [6.07, 6.45) is 0.674. The summed E-state index contributed by atoms with van der Waals surface area (Å²) in [4.78, 5) is 42.9. The second-order valence-electron chi connectivity index (χ2n) is 5.44. The minimum absolute atomic E-state index is 0.139. The quantitative estimate of drug-likeness (QED) is 0.713. The number of hydrogen-bond donors (Lipinski definition) is 3. The van der Waals surface area contributed by atoms with E-state index >= 15 is 0 Å². The zero-order chi connectivity index (χ0) is 18.0. The zero-order valence-corrected chi connectivity index (χ0v) is 13.4. The van der Waals surface area contributed by atoms with Crippen molar-refractivity contribution < 1.29 is 24.2 Å². The lowest BCUT2D eigenvalue weighted by molar-refractivity contribution is -0.139. The van der Waals surface area contributed by atoms with Crippen LogP contribution in [0.2, 0.25) is 0 Å². The molecule has 1 unspecified atom stereocenters. The first-order valence-corrected chi connectivity index (χ1v) is 7.51. The van der Waals surface area contributed by atoms with E-state index in [-0.39, 0.29) is 12.2 Å². The average Bonchev–Trinajstić information content (AvgIpc) is 3.23. The van der Waals surface area contributed by atoms with Crippen molar-refractivity contribution in [2.75, 3.05) is 18.6 Å². The molecule has 9 nitrogen and oxygen atoms in total. The number of carboxylic acid groups (broad SMARTS) is 1. The Hall–Kier alpha value is -3.36. The van der Waals surface area contributed by atoms with E-state index in [1.165, 1.54) is 18.2 Å². The van der Waals surface area contributed by atoms with Crippen LogP contribution >= 0.6 is 0 Å². The summed E-state index contributed by atoms with van der Waals surface area (Å²) in [7, 11) is 1.22. The lowest BCUT2D eigenvalue weighted by atomic mass is 10.1. The van der Waals surface area contributed by atoms with Gasteiger partial charge in [-0.15, -0.1) is 0 Å². The summed E-state index contributed by atoms with van der Waals surface area (Å²) in [5.74, 6) is -0.736. The van der Waals surface area contributed by atoms with E-state index < -0.39 is 24.0 Å². The molecular weight excluding hydrogens is 328 g/mol. The number of aromatic amines is 1. The van der Waals surface area contributed by atoms with Crippen molar-refractivity contribution in [3.8, 4) is 0 Å². The van der Waals surface area contributed by atoms with Crippen LogP contribution in [-0.2, 0) is 16.0 Å². The monoisotopic (exact) mass is 344 g/mol. The van der Waals surface area contributed by atoms with E-state index in [4.69, 9.17) is 0 Å². The number of esters is 1. The molecule has 9 heteroatoms. The van der Waals surface area contributed by atoms with Crippen molar-refractivity contribution in [2.24, 2.45) is 0 Å². The normalized spacial score (nSPS) is 15.6. The summed E-state index contributed by atoms with van der Waals surface area (Å²) < 4.78 is 4.45. The van der Waals surface area contributed by atoms with Crippen LogP contribution in [0.5, 0.6) is 0 Å². The highest BCUT2D eigenvalue weighted by atomic mass is 16.5. The van der Waals surface area contributed by atoms with E-state index in [9.17, 15) is 19.5 Å². The summed E-state index contributed by atoms with van der Waals surface area (Å²) in [5, 5.41) is 11.9. The van der Waals surface area contributed by atoms with Crippen molar-refractivity contribution in [1.29, 1.82) is 0 Å². The van der Waals surface area contributed by atoms with Gasteiger partial charge < -0.3 is 20.1 Å². The predicted octanol–water partition coefficient (Wildman–Crippen LogP) is 1.09. The number of amides is 2. The molecule has 0 fully saturated rings. The molecule has 0 spiro atoms. The lowest BCUT2D eigenvalue weighted by Gasteiger charge is -2.20. The molecule has 130 valence electrons. The van der Waals surface area contributed by atoms with Crippen LogP contribution in [0.25, 0.3) is 0 Å². The number of nitrogens with zero attached hydrogens (tertiary/aromatic N) is 2. The van der Waals surface area contributed by atoms with E-state index in [0.29, 0.717) is 17.9 Å². The number of benzene rings is 1. The molecular formula is C16H16N4O5. The van der Waals surface area contributed by atoms with E-state index in [0.717, 1.165) is 5.56 Å². The van der Waals surface area contributed by atoms with Crippen LogP contribution in [0, 0.1) is 0 Å². The molecule has 0 aliphatic carbocycles. The number of imidazole rings is 1. The average molecular weight is 344 g/mol. The standard InChI is InChI=1S/C16H16N4O5/c1-25-13(21)8-18-15(22)10-7-17-14(19-10)12-6-9-4-2-3-5-11(9)20(12)16(23)24/h2-5,7,12H,6,8H2,1H3,(H,17,19)(H,18,22)(H,23,24). The van der Waals surface area contributed by atoms with Crippen molar-refractivity contribution >= 4 is 23.7 Å². The van der Waals surface area contributed by atoms with Gasteiger partial charge in [-0.3, -0.25) is 14.5 Å². The number of methoxy groups -OCH3 is 1. The molecule has 1 aromatic carbocycles. The fourth-order valence-electron chi connectivity index (χ4n) is 2.78. The minimum atomic E-state index is -1.09. The molecule has 0 saturated heterocycles. The molecule has 0 saturated carbocycles. The largest absolute Gasteiger partial charge is 0.468 e. The molecule has 3 N–H and O–H groups in total. The first-order valence-electron chi connectivity index (χ1n) is 7.51. The molecule has 25 heavy (non-hydrogen) atoms. The summed E-state index contributed by atoms with van der Waals surface area (Å²) >= 11 is 0. The molecule has 0 radical (unpaired) electrons. The third-order valence-electron chi connectivity index (χ3n) is 3.96. The molecule has 2 heterocycles. The Labute approximate surface area is 142 Å². The topological polar surface area (TPSA) is 125 Å². The number of rotatable bonds is 4. The summed E-state index contributed by atoms with van der Waals surface area (Å²) in [6, 6.07) is 6.66. The molecule has 1 atom stereocenters. The molecule has 2 aromatic rings. The van der Waals surface area contributed by atoms with Gasteiger partial charge in [0.2, 0.25) is 0 Å². The number of anilines is 1. The summed E-state index contributed by atoms with van der Waals surface area (Å²) in [6.45, 7) is -0.264. The first kappa shape index (κ1) is 16.5. The van der Waals surface area contributed by atoms with Crippen molar-refractivity contribution in [2.45, 2.75) is 12.5 Å². The third-order valence-corrected chi connectivity index (χ3v) is 3.96. The number of fused-ring (bicyclic) bond motifs is 1. The van der Waals surface area contributed by atoms with Crippen LogP contribution in [0.15, 0.2) is 30.5 Å². The SMILES string of the molecule is COC(=O)CNC(=O)c1cnc(C2Cc3ccccc3N2C(=O)O)[nH]1. The number of ether oxygens (including phenoxy) is 1. The van der Waals surface area contributed by atoms with Crippen LogP contribution in [0.4, 0.5) is 10.5 Å². The van der Waals surface area contributed by atoms with Crippen molar-refractivity contribution in [3.63, 3.8) is 0 Å². The molecule has 2 amide bonds. The third kappa shape index (κ3) is 3.16. The molecule has 1 aromatic heterocycles. The van der Waals surface area contributed by atoms with Gasteiger partial charge in [0.1, 0.15) is 24.1 Å². The maximum atomic E-state index is 12.0. The Bertz CT molecular complexity index is 831. The number of nitrogens with one attached hydrogen (secondary N) is 2. The maximum Gasteiger partial charge on any atom is 0.412 e. The van der Waals surface area contributed by atoms with Crippen molar-refractivity contribution in [3.05, 3.63) is 47.5 Å². The molecule has 0 bridgehead atoms. The highest BCUT2D eigenvalue weighted by Gasteiger charge is 2.36. The van der Waals surface area contributed by atoms with Gasteiger partial charge in [-0.05, 0) is 11.6 Å². The van der Waals surface area contributed by atoms with Crippen LogP contribution in [0.3, 0.4) is 0 Å². The minimum Gasteiger partial charge on any atom is -0.468 e. The predicted molar refractivity (Wildman–Crippen MR) is 86.3 cm³/mol. The zero-order valence-electron chi connectivity index (χ0n) is 13.4. The molecule has 1 aliphatic heterocycles. The maximum absolute atomic E-state index is 12.0. The smallest absolute Gasteiger partial charge is 0.412 e. The van der Waals surface area contributed by atoms with E-state index in [1.54, 1.807) is 12.1 Å². The number of para-hydroxylation sites is 1. The number of carbonyl (C=O) groups excluding carboxylic acids is 2. The van der Waals surface area contributed by atoms with Gasteiger partial charge in [0.25, 0.3) is 5.91 Å². The number of hydrogen-bond acceptors (Lipinski definition) is 5. The number of aromatic nitrogens is 2. The van der Waals surface area contributed by atoms with Gasteiger partial charge in [-0.25, -0.2) is 9.78 Å². The van der Waals surface area contributed by atoms with Gasteiger partial charge >= 0.3 is 12.1 Å². The number of H-pyrrole nitrogens is 1. The molecule has 1 aliphatic rings. The fourth-order valence-corrected chi connectivity index (χ4v) is 2.78. The second kappa shape index (κ2) is 6.63. The van der Waals surface area contributed by atoms with Gasteiger partial charge in [0.05, 0.1) is 19.0 Å². The lowest BCUT2D eigenvalue weighted by Crippen LogP contribution is -2.32. The highest BCUT2D eigenvalue weighted by Crippen LogP contribution is 2.39. The Morgan fingerprint density at radius 3 is 2.88 bits per heavy atom. The Balaban J connectivity index is 1.79.